The number of benzene rings is 1. The molecule has 12 heteroatoms. The molecule has 1 aromatic carbocycles. The van der Waals surface area contributed by atoms with Gasteiger partial charge in [0.05, 0.1) is 35.4 Å². The highest BCUT2D eigenvalue weighted by Crippen LogP contribution is 2.45. The van der Waals surface area contributed by atoms with Crippen molar-refractivity contribution in [1.82, 2.24) is 15.0 Å². The molecule has 0 saturated heterocycles. The average molecular weight is 542 g/mol. The summed E-state index contributed by atoms with van der Waals surface area (Å²) >= 11 is 2.24. The molecule has 37 heavy (non-hydrogen) atoms. The molecule has 0 bridgehead atoms. The Kier molecular flexibility index (Phi) is 6.47. The lowest BCUT2D eigenvalue weighted by Gasteiger charge is -2.19. The molecule has 1 N–H and O–H groups in total. The SMILES string of the molecule is CCSc1ncc2c3c(c(-c4ncc(F)c5sc(NC(=O)OC(C)(C)C)c(C#N)c45)c(F)c2n1)COC3. The Labute approximate surface area is 219 Å². The number of carbonyl (C=O) groups is 1. The van der Waals surface area contributed by atoms with Gasteiger partial charge < -0.3 is 9.47 Å². The molecule has 8 nitrogen and oxygen atoms in total. The Hall–Kier alpha value is -3.40. The minimum atomic E-state index is -0.797. The van der Waals surface area contributed by atoms with E-state index in [0.29, 0.717) is 21.9 Å². The molecule has 1 amide bonds. The van der Waals surface area contributed by atoms with Crippen molar-refractivity contribution in [2.75, 3.05) is 11.1 Å². The first-order valence-corrected chi connectivity index (χ1v) is 13.1. The molecule has 0 radical (unpaired) electrons. The lowest BCUT2D eigenvalue weighted by atomic mass is 9.94. The van der Waals surface area contributed by atoms with Gasteiger partial charge in [-0.25, -0.2) is 23.5 Å². The molecule has 1 aliphatic heterocycles. The van der Waals surface area contributed by atoms with E-state index in [4.69, 9.17) is 9.47 Å². The largest absolute Gasteiger partial charge is 0.444 e. The number of amides is 1. The molecular weight excluding hydrogens is 520 g/mol. The highest BCUT2D eigenvalue weighted by molar-refractivity contribution is 7.99. The number of nitriles is 1. The maximum Gasteiger partial charge on any atom is 0.412 e. The van der Waals surface area contributed by atoms with Gasteiger partial charge in [-0.2, -0.15) is 5.26 Å². The second kappa shape index (κ2) is 9.48. The van der Waals surface area contributed by atoms with Crippen molar-refractivity contribution in [3.8, 4) is 17.3 Å². The Morgan fingerprint density at radius 2 is 2.03 bits per heavy atom. The van der Waals surface area contributed by atoms with E-state index >= 15 is 4.39 Å². The normalized spacial score (nSPS) is 13.1. The van der Waals surface area contributed by atoms with E-state index in [1.54, 1.807) is 27.0 Å². The average Bonchev–Trinajstić information content (AvgIpc) is 3.45. The number of thioether (sulfide) groups is 1. The third kappa shape index (κ3) is 4.47. The second-order valence-corrected chi connectivity index (χ2v) is 11.4. The number of hydrogen-bond acceptors (Lipinski definition) is 9. The lowest BCUT2D eigenvalue weighted by molar-refractivity contribution is 0.0636. The summed E-state index contributed by atoms with van der Waals surface area (Å²) in [5.41, 5.74) is 0.716. The fourth-order valence-corrected chi connectivity index (χ4v) is 5.77. The first kappa shape index (κ1) is 25.3. The number of pyridine rings is 1. The fourth-order valence-electron chi connectivity index (χ4n) is 4.19. The summed E-state index contributed by atoms with van der Waals surface area (Å²) in [6, 6.07) is 2.03. The number of thiophene rings is 1. The molecule has 4 aromatic rings. The van der Waals surface area contributed by atoms with Crippen LogP contribution in [0.5, 0.6) is 0 Å². The van der Waals surface area contributed by atoms with E-state index in [1.807, 2.05) is 13.0 Å². The molecule has 0 fully saturated rings. The smallest absolute Gasteiger partial charge is 0.412 e. The number of carbonyl (C=O) groups excluding carboxylic acids is 1. The Morgan fingerprint density at radius 3 is 2.73 bits per heavy atom. The van der Waals surface area contributed by atoms with E-state index in [-0.39, 0.29) is 50.6 Å². The van der Waals surface area contributed by atoms with Crippen LogP contribution in [0.3, 0.4) is 0 Å². The lowest BCUT2D eigenvalue weighted by Crippen LogP contribution is -2.27. The van der Waals surface area contributed by atoms with Gasteiger partial charge in [-0.1, -0.05) is 18.7 Å². The van der Waals surface area contributed by atoms with Gasteiger partial charge in [0.25, 0.3) is 0 Å². The monoisotopic (exact) mass is 541 g/mol. The van der Waals surface area contributed by atoms with Gasteiger partial charge in [0, 0.05) is 22.5 Å². The molecule has 5 rings (SSSR count). The Balaban J connectivity index is 1.77. The number of aromatic nitrogens is 3. The Bertz CT molecular complexity index is 1630. The third-order valence-corrected chi connectivity index (χ3v) is 7.44. The van der Waals surface area contributed by atoms with Gasteiger partial charge in [-0.15, -0.1) is 11.3 Å². The molecule has 190 valence electrons. The minimum Gasteiger partial charge on any atom is -0.444 e. The molecular formula is C25H21F2N5O3S2. The van der Waals surface area contributed by atoms with Crippen LogP contribution in [0.25, 0.3) is 32.2 Å². The second-order valence-electron chi connectivity index (χ2n) is 9.19. The van der Waals surface area contributed by atoms with Gasteiger partial charge in [0.15, 0.2) is 16.8 Å². The Morgan fingerprint density at radius 1 is 1.27 bits per heavy atom. The van der Waals surface area contributed by atoms with E-state index in [0.717, 1.165) is 23.1 Å². The van der Waals surface area contributed by atoms with Crippen molar-refractivity contribution in [2.24, 2.45) is 0 Å². The van der Waals surface area contributed by atoms with E-state index < -0.39 is 23.3 Å². The molecule has 0 atom stereocenters. The molecule has 0 unspecified atom stereocenters. The van der Waals surface area contributed by atoms with Crippen molar-refractivity contribution in [1.29, 1.82) is 5.26 Å². The van der Waals surface area contributed by atoms with Crippen LogP contribution >= 0.6 is 23.1 Å². The van der Waals surface area contributed by atoms with Gasteiger partial charge in [0.1, 0.15) is 22.2 Å². The minimum absolute atomic E-state index is 0.0371. The summed E-state index contributed by atoms with van der Waals surface area (Å²) in [7, 11) is 0. The molecule has 4 heterocycles. The highest BCUT2D eigenvalue weighted by atomic mass is 32.2. The van der Waals surface area contributed by atoms with E-state index in [9.17, 15) is 14.4 Å². The summed E-state index contributed by atoms with van der Waals surface area (Å²) in [6.07, 6.45) is 1.77. The van der Waals surface area contributed by atoms with Crippen LogP contribution in [0.1, 0.15) is 44.4 Å². The van der Waals surface area contributed by atoms with Gasteiger partial charge in [0.2, 0.25) is 0 Å². The van der Waals surface area contributed by atoms with Crippen molar-refractivity contribution >= 4 is 55.2 Å². The number of nitrogens with zero attached hydrogens (tertiary/aromatic N) is 4. The number of nitrogens with one attached hydrogen (secondary N) is 1. The maximum atomic E-state index is 16.2. The summed E-state index contributed by atoms with van der Waals surface area (Å²) in [4.78, 5) is 25.4. The fraction of sp³-hybridized carbons (Fsp3) is 0.320. The summed E-state index contributed by atoms with van der Waals surface area (Å²) < 4.78 is 42.2. The zero-order valence-corrected chi connectivity index (χ0v) is 22.0. The van der Waals surface area contributed by atoms with Crippen LogP contribution in [0.15, 0.2) is 17.6 Å². The van der Waals surface area contributed by atoms with Crippen molar-refractivity contribution < 1.29 is 23.0 Å². The van der Waals surface area contributed by atoms with Crippen molar-refractivity contribution in [2.45, 2.75) is 51.7 Å². The topological polar surface area (TPSA) is 110 Å². The molecule has 3 aromatic heterocycles. The first-order valence-electron chi connectivity index (χ1n) is 11.3. The number of halogens is 2. The summed E-state index contributed by atoms with van der Waals surface area (Å²) in [5.74, 6) is -0.644. The zero-order valence-electron chi connectivity index (χ0n) is 20.4. The molecule has 0 saturated carbocycles. The van der Waals surface area contributed by atoms with Crippen LogP contribution in [-0.4, -0.2) is 32.4 Å². The summed E-state index contributed by atoms with van der Waals surface area (Å²) in [5, 5.41) is 13.7. The third-order valence-electron chi connectivity index (χ3n) is 5.58. The first-order chi connectivity index (χ1) is 17.6. The number of ether oxygens (including phenoxy) is 2. The predicted molar refractivity (Wildman–Crippen MR) is 138 cm³/mol. The number of fused-ring (bicyclic) bond motifs is 4. The quantitative estimate of drug-likeness (QED) is 0.229. The number of anilines is 1. The van der Waals surface area contributed by atoms with E-state index in [2.05, 4.69) is 20.3 Å². The van der Waals surface area contributed by atoms with Gasteiger partial charge >= 0.3 is 6.09 Å². The number of hydrogen-bond donors (Lipinski definition) is 1. The molecule has 1 aliphatic rings. The molecule has 0 spiro atoms. The predicted octanol–water partition coefficient (Wildman–Crippen LogP) is 6.55. The van der Waals surface area contributed by atoms with Gasteiger partial charge in [-0.3, -0.25) is 10.3 Å². The highest BCUT2D eigenvalue weighted by Gasteiger charge is 2.30. The van der Waals surface area contributed by atoms with Gasteiger partial charge in [-0.05, 0) is 37.7 Å². The maximum absolute atomic E-state index is 16.2. The molecule has 0 aliphatic carbocycles. The van der Waals surface area contributed by atoms with Crippen LogP contribution in [0.4, 0.5) is 18.6 Å². The van der Waals surface area contributed by atoms with Crippen LogP contribution in [0, 0.1) is 23.0 Å². The van der Waals surface area contributed by atoms with Crippen LogP contribution in [0.2, 0.25) is 0 Å². The van der Waals surface area contributed by atoms with Crippen LogP contribution < -0.4 is 5.32 Å². The van der Waals surface area contributed by atoms with Crippen molar-refractivity contribution in [3.05, 3.63) is 40.7 Å². The standard InChI is InChI=1S/C25H21F2N5O3S2/c1-5-36-23-30-7-12-13-9-34-10-14(13)16(18(27)19(12)31-23)20-17-11(6-28)22(32-24(33)35-25(2,3)4)37-21(17)15(26)8-29-20/h7-8H,5,9-10H2,1-4H3,(H,32,33). The number of rotatable bonds is 4. The van der Waals surface area contributed by atoms with Crippen molar-refractivity contribution in [3.63, 3.8) is 0 Å². The summed E-state index contributed by atoms with van der Waals surface area (Å²) in [6.45, 7) is 7.38. The zero-order chi connectivity index (χ0) is 26.5. The van der Waals surface area contributed by atoms with Crippen LogP contribution in [-0.2, 0) is 22.7 Å². The van der Waals surface area contributed by atoms with E-state index in [1.165, 1.54) is 11.8 Å².